The molecular formula is C15H11ClN4O3S. The second-order valence-electron chi connectivity index (χ2n) is 5.09. The van der Waals surface area contributed by atoms with E-state index in [0.29, 0.717) is 5.69 Å². The number of aromatic nitrogens is 1. The van der Waals surface area contributed by atoms with Gasteiger partial charge in [0.15, 0.2) is 5.82 Å². The van der Waals surface area contributed by atoms with Gasteiger partial charge in [-0.25, -0.2) is 17.7 Å². The van der Waals surface area contributed by atoms with Crippen molar-refractivity contribution in [3.05, 3.63) is 47.1 Å². The van der Waals surface area contributed by atoms with Gasteiger partial charge in [0.25, 0.3) is 10.0 Å². The molecule has 0 saturated carbocycles. The Balaban J connectivity index is 2.18. The van der Waals surface area contributed by atoms with Crippen LogP contribution < -0.4 is 9.62 Å². The smallest absolute Gasteiger partial charge is 0.266 e. The fourth-order valence-electron chi connectivity index (χ4n) is 2.38. The maximum absolute atomic E-state index is 13.0. The topological polar surface area (TPSA) is 103 Å². The van der Waals surface area contributed by atoms with Crippen molar-refractivity contribution in [3.63, 3.8) is 0 Å². The normalized spacial score (nSPS) is 17.0. The lowest BCUT2D eigenvalue weighted by molar-refractivity contribution is -0.117. The van der Waals surface area contributed by atoms with E-state index in [4.69, 9.17) is 16.9 Å². The molecule has 122 valence electrons. The molecule has 2 aromatic rings. The molecule has 0 fully saturated rings. The Bertz CT molecular complexity index is 984. The third kappa shape index (κ3) is 2.48. The van der Waals surface area contributed by atoms with Gasteiger partial charge in [-0.1, -0.05) is 11.6 Å². The Labute approximate surface area is 143 Å². The van der Waals surface area contributed by atoms with E-state index in [1.165, 1.54) is 31.3 Å². The molecule has 1 atom stereocenters. The number of fused-ring (bicyclic) bond motifs is 1. The van der Waals surface area contributed by atoms with Crippen LogP contribution in [-0.4, -0.2) is 25.4 Å². The van der Waals surface area contributed by atoms with E-state index < -0.39 is 22.0 Å². The average Bonchev–Trinajstić information content (AvgIpc) is 2.55. The van der Waals surface area contributed by atoms with E-state index >= 15 is 0 Å². The third-order valence-electron chi connectivity index (χ3n) is 3.60. The zero-order chi connectivity index (χ0) is 17.5. The molecule has 9 heteroatoms. The van der Waals surface area contributed by atoms with Crippen LogP contribution in [0.1, 0.15) is 12.5 Å². The van der Waals surface area contributed by atoms with E-state index in [1.807, 2.05) is 6.07 Å². The highest BCUT2D eigenvalue weighted by atomic mass is 35.5. The molecule has 1 aromatic carbocycles. The summed E-state index contributed by atoms with van der Waals surface area (Å²) in [7, 11) is -4.09. The molecule has 1 aliphatic rings. The molecule has 0 radical (unpaired) electrons. The Morgan fingerprint density at radius 3 is 2.79 bits per heavy atom. The molecule has 0 saturated heterocycles. The van der Waals surface area contributed by atoms with Gasteiger partial charge in [0.1, 0.15) is 12.1 Å². The summed E-state index contributed by atoms with van der Waals surface area (Å²) < 4.78 is 27.0. The van der Waals surface area contributed by atoms with Crippen molar-refractivity contribution in [2.45, 2.75) is 17.9 Å². The zero-order valence-corrected chi connectivity index (χ0v) is 14.0. The minimum absolute atomic E-state index is 0.0222. The van der Waals surface area contributed by atoms with Gasteiger partial charge in [-0.2, -0.15) is 5.26 Å². The molecule has 24 heavy (non-hydrogen) atoms. The number of amides is 1. The van der Waals surface area contributed by atoms with E-state index in [9.17, 15) is 13.2 Å². The van der Waals surface area contributed by atoms with Crippen LogP contribution in [0.5, 0.6) is 0 Å². The first-order chi connectivity index (χ1) is 11.4. The number of anilines is 2. The van der Waals surface area contributed by atoms with Crippen molar-refractivity contribution < 1.29 is 13.2 Å². The van der Waals surface area contributed by atoms with E-state index in [2.05, 4.69) is 10.3 Å². The number of sulfonamides is 1. The van der Waals surface area contributed by atoms with E-state index in [-0.39, 0.29) is 21.3 Å². The Morgan fingerprint density at radius 2 is 2.12 bits per heavy atom. The highest BCUT2D eigenvalue weighted by Crippen LogP contribution is 2.34. The minimum Gasteiger partial charge on any atom is -0.321 e. The number of nitrogens with one attached hydrogen (secondary N) is 1. The van der Waals surface area contributed by atoms with Gasteiger partial charge in [-0.3, -0.25) is 4.79 Å². The molecule has 0 spiro atoms. The molecule has 0 unspecified atom stereocenters. The van der Waals surface area contributed by atoms with Gasteiger partial charge >= 0.3 is 0 Å². The van der Waals surface area contributed by atoms with Crippen molar-refractivity contribution >= 4 is 39.0 Å². The lowest BCUT2D eigenvalue weighted by atomic mass is 10.2. The fraction of sp³-hybridized carbons (Fsp3) is 0.133. The summed E-state index contributed by atoms with van der Waals surface area (Å²) in [5.41, 5.74) is 0.475. The van der Waals surface area contributed by atoms with Crippen molar-refractivity contribution in [2.75, 3.05) is 9.62 Å². The summed E-state index contributed by atoms with van der Waals surface area (Å²) in [6.07, 6.45) is 1.44. The van der Waals surface area contributed by atoms with Crippen LogP contribution in [0.15, 0.2) is 41.4 Å². The lowest BCUT2D eigenvalue weighted by Crippen LogP contribution is -2.49. The number of carbonyl (C=O) groups is 1. The SMILES string of the molecule is C[C@H]1C(=O)Nc2cccnc2N1S(=O)(=O)c1ccc(C#N)c(Cl)c1. The predicted molar refractivity (Wildman–Crippen MR) is 88.2 cm³/mol. The minimum atomic E-state index is -4.09. The van der Waals surface area contributed by atoms with Gasteiger partial charge in [-0.05, 0) is 37.3 Å². The first-order valence-electron chi connectivity index (χ1n) is 6.86. The first-order valence-corrected chi connectivity index (χ1v) is 8.68. The summed E-state index contributed by atoms with van der Waals surface area (Å²) in [5, 5.41) is 11.5. The summed E-state index contributed by atoms with van der Waals surface area (Å²) in [6, 6.07) is 7.85. The number of pyridine rings is 1. The summed E-state index contributed by atoms with van der Waals surface area (Å²) in [5.74, 6) is -0.330. The van der Waals surface area contributed by atoms with Gasteiger partial charge in [-0.15, -0.1) is 0 Å². The van der Waals surface area contributed by atoms with Gasteiger partial charge in [0, 0.05) is 6.20 Å². The van der Waals surface area contributed by atoms with Crippen LogP contribution in [-0.2, 0) is 14.8 Å². The molecule has 1 aliphatic heterocycles. The predicted octanol–water partition coefficient (Wildman–Crippen LogP) is 2.14. The second-order valence-corrected chi connectivity index (χ2v) is 7.32. The van der Waals surface area contributed by atoms with Crippen LogP contribution in [0.3, 0.4) is 0 Å². The molecule has 1 N–H and O–H groups in total. The highest BCUT2D eigenvalue weighted by Gasteiger charge is 2.39. The van der Waals surface area contributed by atoms with Crippen LogP contribution in [0.2, 0.25) is 5.02 Å². The van der Waals surface area contributed by atoms with Crippen molar-refractivity contribution in [2.24, 2.45) is 0 Å². The Hall–Kier alpha value is -2.63. The van der Waals surface area contributed by atoms with E-state index in [1.54, 1.807) is 12.1 Å². The van der Waals surface area contributed by atoms with Crippen molar-refractivity contribution in [3.8, 4) is 6.07 Å². The maximum atomic E-state index is 13.0. The summed E-state index contributed by atoms with van der Waals surface area (Å²) >= 11 is 5.94. The van der Waals surface area contributed by atoms with Gasteiger partial charge in [0.2, 0.25) is 5.91 Å². The maximum Gasteiger partial charge on any atom is 0.266 e. The molecule has 7 nitrogen and oxygen atoms in total. The third-order valence-corrected chi connectivity index (χ3v) is 5.77. The Morgan fingerprint density at radius 1 is 1.38 bits per heavy atom. The molecular weight excluding hydrogens is 352 g/mol. The summed E-state index contributed by atoms with van der Waals surface area (Å²) in [6.45, 7) is 1.47. The average molecular weight is 363 g/mol. The number of benzene rings is 1. The second kappa shape index (κ2) is 5.78. The molecule has 3 rings (SSSR count). The Kier molecular flexibility index (Phi) is 3.91. The van der Waals surface area contributed by atoms with Crippen molar-refractivity contribution in [1.82, 2.24) is 4.98 Å². The molecule has 0 aliphatic carbocycles. The van der Waals surface area contributed by atoms with Crippen LogP contribution in [0.25, 0.3) is 0 Å². The highest BCUT2D eigenvalue weighted by molar-refractivity contribution is 7.93. The standard InChI is InChI=1S/C15H11ClN4O3S/c1-9-15(21)19-13-3-2-6-18-14(13)20(9)24(22,23)11-5-4-10(8-17)12(16)7-11/h2-7,9H,1H3,(H,19,21)/t9-/m0/s1. The number of nitrogens with zero attached hydrogens (tertiary/aromatic N) is 3. The van der Waals surface area contributed by atoms with E-state index in [0.717, 1.165) is 4.31 Å². The van der Waals surface area contributed by atoms with Crippen molar-refractivity contribution in [1.29, 1.82) is 5.26 Å². The molecule has 2 heterocycles. The van der Waals surface area contributed by atoms with Crippen LogP contribution in [0.4, 0.5) is 11.5 Å². The van der Waals surface area contributed by atoms with Gasteiger partial charge in [0.05, 0.1) is 21.2 Å². The number of hydrogen-bond acceptors (Lipinski definition) is 5. The van der Waals surface area contributed by atoms with Crippen LogP contribution >= 0.6 is 11.6 Å². The molecule has 1 aromatic heterocycles. The monoisotopic (exact) mass is 362 g/mol. The number of rotatable bonds is 2. The lowest BCUT2D eigenvalue weighted by Gasteiger charge is -2.33. The van der Waals surface area contributed by atoms with Gasteiger partial charge < -0.3 is 5.32 Å². The molecule has 0 bridgehead atoms. The zero-order valence-electron chi connectivity index (χ0n) is 12.4. The number of nitriles is 1. The number of halogens is 1. The number of carbonyl (C=O) groups excluding carboxylic acids is 1. The largest absolute Gasteiger partial charge is 0.321 e. The summed E-state index contributed by atoms with van der Waals surface area (Å²) in [4.78, 5) is 16.1. The first kappa shape index (κ1) is 16.2. The fourth-order valence-corrected chi connectivity index (χ4v) is 4.29. The quantitative estimate of drug-likeness (QED) is 0.881. The molecule has 1 amide bonds. The number of hydrogen-bond donors (Lipinski definition) is 1. The van der Waals surface area contributed by atoms with Crippen LogP contribution in [0, 0.1) is 11.3 Å².